The highest BCUT2D eigenvalue weighted by Gasteiger charge is 2.30. The van der Waals surface area contributed by atoms with Gasteiger partial charge in [-0.05, 0) is 11.6 Å². The Morgan fingerprint density at radius 3 is 2.76 bits per heavy atom. The van der Waals surface area contributed by atoms with Gasteiger partial charge in [0.05, 0.1) is 5.56 Å². The lowest BCUT2D eigenvalue weighted by molar-refractivity contribution is -0.137. The quantitative estimate of drug-likeness (QED) is 0.872. The fraction of sp³-hybridized carbons (Fsp3) is 0.250. The highest BCUT2D eigenvalue weighted by atomic mass is 35.5. The third kappa shape index (κ3) is 4.40. The van der Waals surface area contributed by atoms with E-state index >= 15 is 0 Å². The van der Waals surface area contributed by atoms with E-state index in [1.54, 1.807) is 6.07 Å². The molecule has 1 heterocycles. The molecule has 0 saturated heterocycles. The molecule has 0 aliphatic rings. The van der Waals surface area contributed by atoms with Crippen LogP contribution < -0.4 is 5.32 Å². The zero-order valence-corrected chi connectivity index (χ0v) is 12.0. The van der Waals surface area contributed by atoms with E-state index in [9.17, 15) is 18.0 Å². The van der Waals surface area contributed by atoms with Crippen LogP contribution in [-0.4, -0.2) is 22.0 Å². The number of nitrogens with zero attached hydrogens (tertiary/aromatic N) is 2. The summed E-state index contributed by atoms with van der Waals surface area (Å²) in [7, 11) is 0. The highest BCUT2D eigenvalue weighted by molar-refractivity contribution is 7.15. The summed E-state index contributed by atoms with van der Waals surface area (Å²) in [4.78, 5) is 11.1. The first-order valence-electron chi connectivity index (χ1n) is 5.73. The molecule has 1 aromatic heterocycles. The Labute approximate surface area is 127 Å². The maximum Gasteiger partial charge on any atom is 0.416 e. The molecule has 0 atom stereocenters. The minimum Gasteiger partial charge on any atom is -0.299 e. The summed E-state index contributed by atoms with van der Waals surface area (Å²) < 4.78 is 37.8. The predicted molar refractivity (Wildman–Crippen MR) is 73.5 cm³/mol. The molecule has 0 bridgehead atoms. The first-order chi connectivity index (χ1) is 9.88. The summed E-state index contributed by atoms with van der Waals surface area (Å²) in [5.41, 5.74) is -0.239. The van der Waals surface area contributed by atoms with Crippen molar-refractivity contribution in [3.63, 3.8) is 0 Å². The van der Waals surface area contributed by atoms with Gasteiger partial charge in [-0.1, -0.05) is 29.5 Å². The predicted octanol–water partition coefficient (Wildman–Crippen LogP) is 3.33. The number of alkyl halides is 4. The SMILES string of the molecule is O=C(CCl)Nc1nnc(Cc2cccc(C(F)(F)F)c2)s1. The Hall–Kier alpha value is -1.67. The Morgan fingerprint density at radius 1 is 1.33 bits per heavy atom. The van der Waals surface area contributed by atoms with Crippen LogP contribution in [0.5, 0.6) is 0 Å². The molecule has 0 saturated carbocycles. The summed E-state index contributed by atoms with van der Waals surface area (Å²) in [5, 5.41) is 10.7. The van der Waals surface area contributed by atoms with Crippen LogP contribution in [0.25, 0.3) is 0 Å². The summed E-state index contributed by atoms with van der Waals surface area (Å²) in [6.07, 6.45) is -4.17. The van der Waals surface area contributed by atoms with E-state index in [0.29, 0.717) is 10.6 Å². The van der Waals surface area contributed by atoms with Crippen molar-refractivity contribution in [1.82, 2.24) is 10.2 Å². The summed E-state index contributed by atoms with van der Waals surface area (Å²) in [6, 6.07) is 5.00. The Bertz CT molecular complexity index is 645. The van der Waals surface area contributed by atoms with E-state index in [1.807, 2.05) is 0 Å². The molecule has 112 valence electrons. The van der Waals surface area contributed by atoms with E-state index in [2.05, 4.69) is 15.5 Å². The standard InChI is InChI=1S/C12H9ClF3N3OS/c13-6-9(20)17-11-19-18-10(21-11)5-7-2-1-3-8(4-7)12(14,15)16/h1-4H,5-6H2,(H,17,19,20). The smallest absolute Gasteiger partial charge is 0.299 e. The van der Waals surface area contributed by atoms with E-state index in [1.165, 1.54) is 6.07 Å². The monoisotopic (exact) mass is 335 g/mol. The maximum atomic E-state index is 12.6. The molecule has 0 aliphatic heterocycles. The third-order valence-electron chi connectivity index (χ3n) is 2.44. The van der Waals surface area contributed by atoms with Gasteiger partial charge in [-0.25, -0.2) is 0 Å². The summed E-state index contributed by atoms with van der Waals surface area (Å²) in [6.45, 7) is 0. The van der Waals surface area contributed by atoms with Crippen molar-refractivity contribution in [2.75, 3.05) is 11.2 Å². The number of halogens is 4. The second kappa shape index (κ2) is 6.40. The van der Waals surface area contributed by atoms with Gasteiger partial charge < -0.3 is 0 Å². The zero-order valence-electron chi connectivity index (χ0n) is 10.4. The second-order valence-corrected chi connectivity index (χ2v) is 5.39. The van der Waals surface area contributed by atoms with Crippen LogP contribution in [0.4, 0.5) is 18.3 Å². The molecular weight excluding hydrogens is 327 g/mol. The van der Waals surface area contributed by atoms with Gasteiger partial charge in [-0.2, -0.15) is 13.2 Å². The van der Waals surface area contributed by atoms with Crippen molar-refractivity contribution in [1.29, 1.82) is 0 Å². The number of hydrogen-bond acceptors (Lipinski definition) is 4. The van der Waals surface area contributed by atoms with Gasteiger partial charge in [0.2, 0.25) is 11.0 Å². The Balaban J connectivity index is 2.10. The number of carbonyl (C=O) groups is 1. The molecule has 1 N–H and O–H groups in total. The highest BCUT2D eigenvalue weighted by Crippen LogP contribution is 2.30. The lowest BCUT2D eigenvalue weighted by Gasteiger charge is -2.07. The first-order valence-corrected chi connectivity index (χ1v) is 7.08. The molecular formula is C12H9ClF3N3OS. The molecule has 0 spiro atoms. The fourth-order valence-electron chi connectivity index (χ4n) is 1.56. The van der Waals surface area contributed by atoms with Crippen LogP contribution in [-0.2, 0) is 17.4 Å². The molecule has 21 heavy (non-hydrogen) atoms. The molecule has 0 aliphatic carbocycles. The van der Waals surface area contributed by atoms with E-state index < -0.39 is 17.6 Å². The minimum absolute atomic E-state index is 0.206. The number of aromatic nitrogens is 2. The van der Waals surface area contributed by atoms with Crippen molar-refractivity contribution >= 4 is 34.0 Å². The first kappa shape index (κ1) is 15.7. The van der Waals surface area contributed by atoms with Crippen LogP contribution in [0.1, 0.15) is 16.1 Å². The van der Waals surface area contributed by atoms with Gasteiger partial charge in [0.15, 0.2) is 0 Å². The molecule has 0 radical (unpaired) electrons. The average molecular weight is 336 g/mol. The molecule has 2 rings (SSSR count). The van der Waals surface area contributed by atoms with Gasteiger partial charge in [-0.15, -0.1) is 21.8 Å². The van der Waals surface area contributed by atoms with Gasteiger partial charge in [-0.3, -0.25) is 10.1 Å². The van der Waals surface area contributed by atoms with Crippen LogP contribution in [0, 0.1) is 0 Å². The number of benzene rings is 1. The number of amides is 1. The zero-order chi connectivity index (χ0) is 15.5. The molecule has 1 amide bonds. The number of nitrogens with one attached hydrogen (secondary N) is 1. The van der Waals surface area contributed by atoms with Crippen molar-refractivity contribution < 1.29 is 18.0 Å². The average Bonchev–Trinajstić information content (AvgIpc) is 2.85. The van der Waals surface area contributed by atoms with Gasteiger partial charge in [0.25, 0.3) is 0 Å². The maximum absolute atomic E-state index is 12.6. The van der Waals surface area contributed by atoms with Crippen LogP contribution >= 0.6 is 22.9 Å². The minimum atomic E-state index is -4.38. The summed E-state index contributed by atoms with van der Waals surface area (Å²) in [5.74, 6) is -0.624. The fourth-order valence-corrected chi connectivity index (χ4v) is 2.42. The second-order valence-electron chi connectivity index (χ2n) is 4.06. The number of rotatable bonds is 4. The number of hydrogen-bond donors (Lipinski definition) is 1. The van der Waals surface area contributed by atoms with Crippen molar-refractivity contribution in [3.8, 4) is 0 Å². The van der Waals surface area contributed by atoms with Gasteiger partial charge >= 0.3 is 6.18 Å². The van der Waals surface area contributed by atoms with Gasteiger partial charge in [0.1, 0.15) is 10.9 Å². The molecule has 1 aromatic carbocycles. The van der Waals surface area contributed by atoms with Crippen molar-refractivity contribution in [2.24, 2.45) is 0 Å². The topological polar surface area (TPSA) is 54.9 Å². The molecule has 0 unspecified atom stereocenters. The molecule has 9 heteroatoms. The molecule has 2 aromatic rings. The van der Waals surface area contributed by atoms with Crippen LogP contribution in [0.15, 0.2) is 24.3 Å². The Morgan fingerprint density at radius 2 is 2.10 bits per heavy atom. The summed E-state index contributed by atoms with van der Waals surface area (Å²) >= 11 is 6.43. The third-order valence-corrected chi connectivity index (χ3v) is 3.53. The molecule has 4 nitrogen and oxygen atoms in total. The van der Waals surface area contributed by atoms with Crippen LogP contribution in [0.2, 0.25) is 0 Å². The number of carbonyl (C=O) groups excluding carboxylic acids is 1. The largest absolute Gasteiger partial charge is 0.416 e. The lowest BCUT2D eigenvalue weighted by Crippen LogP contribution is -2.12. The van der Waals surface area contributed by atoms with E-state index in [0.717, 1.165) is 23.5 Å². The van der Waals surface area contributed by atoms with E-state index in [-0.39, 0.29) is 17.4 Å². The molecule has 0 fully saturated rings. The number of anilines is 1. The normalized spacial score (nSPS) is 11.4. The van der Waals surface area contributed by atoms with Crippen molar-refractivity contribution in [3.05, 3.63) is 40.4 Å². The van der Waals surface area contributed by atoms with Gasteiger partial charge in [0, 0.05) is 6.42 Å². The van der Waals surface area contributed by atoms with Crippen molar-refractivity contribution in [2.45, 2.75) is 12.6 Å². The Kier molecular flexibility index (Phi) is 4.79. The van der Waals surface area contributed by atoms with E-state index in [4.69, 9.17) is 11.6 Å². The van der Waals surface area contributed by atoms with Crippen LogP contribution in [0.3, 0.4) is 0 Å². The lowest BCUT2D eigenvalue weighted by atomic mass is 10.1.